The Hall–Kier alpha value is -1.46. The third kappa shape index (κ3) is 5.27. The first-order valence-corrected chi connectivity index (χ1v) is 10.5. The van der Waals surface area contributed by atoms with Crippen molar-refractivity contribution >= 4 is 11.4 Å². The number of nitrogens with zero attached hydrogens (tertiary/aromatic N) is 2. The predicted octanol–water partition coefficient (Wildman–Crippen LogP) is 3.09. The van der Waals surface area contributed by atoms with Gasteiger partial charge < -0.3 is 25.2 Å². The number of ether oxygens (including phenoxy) is 1. The Balaban J connectivity index is 1.70. The van der Waals surface area contributed by atoms with Crippen LogP contribution in [0.15, 0.2) is 12.1 Å². The molecule has 2 heterocycles. The number of anilines is 2. The van der Waals surface area contributed by atoms with Crippen molar-refractivity contribution in [2.45, 2.75) is 39.5 Å². The number of likely N-dealkylation sites (tertiary alicyclic amines) is 1. The van der Waals surface area contributed by atoms with E-state index in [1.54, 1.807) is 0 Å². The average molecular weight is 361 g/mol. The fraction of sp³-hybridized carbons (Fsp3) is 0.714. The van der Waals surface area contributed by atoms with E-state index in [9.17, 15) is 0 Å². The number of unbranched alkanes of at least 4 members (excludes halogenated alkanes) is 1. The molecule has 0 amide bonds. The molecule has 0 atom stereocenters. The van der Waals surface area contributed by atoms with Gasteiger partial charge in [-0.3, -0.25) is 0 Å². The lowest BCUT2D eigenvalue weighted by Crippen LogP contribution is -2.43. The lowest BCUT2D eigenvalue weighted by atomic mass is 10.1. The molecule has 1 aromatic carbocycles. The first-order valence-electron chi connectivity index (χ1n) is 10.5. The van der Waals surface area contributed by atoms with Crippen LogP contribution in [0.4, 0.5) is 11.4 Å². The minimum atomic E-state index is 0.799. The lowest BCUT2D eigenvalue weighted by molar-refractivity contribution is 0.309. The molecule has 3 rings (SSSR count). The van der Waals surface area contributed by atoms with Crippen LogP contribution in [0.1, 0.15) is 38.2 Å². The quantitative estimate of drug-likeness (QED) is 0.662. The number of hydrogen-bond donors (Lipinski definition) is 2. The van der Waals surface area contributed by atoms with Crippen LogP contribution in [0, 0.1) is 6.92 Å². The summed E-state index contributed by atoms with van der Waals surface area (Å²) in [4.78, 5) is 5.05. The van der Waals surface area contributed by atoms with Gasteiger partial charge in [-0.15, -0.1) is 0 Å². The van der Waals surface area contributed by atoms with Gasteiger partial charge in [0.05, 0.1) is 6.61 Å². The maximum absolute atomic E-state index is 6.06. The van der Waals surface area contributed by atoms with E-state index in [0.717, 1.165) is 64.5 Å². The molecule has 146 valence electrons. The van der Waals surface area contributed by atoms with Crippen LogP contribution in [0.5, 0.6) is 5.75 Å². The third-order valence-electron chi connectivity index (χ3n) is 5.52. The summed E-state index contributed by atoms with van der Waals surface area (Å²) in [6.45, 7) is 14.1. The molecule has 2 N–H and O–H groups in total. The smallest absolute Gasteiger partial charge is 0.123 e. The first kappa shape index (κ1) is 19.3. The second-order valence-corrected chi connectivity index (χ2v) is 7.53. The Kier molecular flexibility index (Phi) is 7.44. The van der Waals surface area contributed by atoms with E-state index in [4.69, 9.17) is 4.74 Å². The van der Waals surface area contributed by atoms with Crippen molar-refractivity contribution in [2.24, 2.45) is 0 Å². The molecule has 5 heteroatoms. The molecule has 1 aromatic rings. The summed E-state index contributed by atoms with van der Waals surface area (Å²) in [7, 11) is 0. The lowest BCUT2D eigenvalue weighted by Gasteiger charge is -2.32. The van der Waals surface area contributed by atoms with Crippen LogP contribution in [-0.4, -0.2) is 63.9 Å². The summed E-state index contributed by atoms with van der Waals surface area (Å²) >= 11 is 0. The van der Waals surface area contributed by atoms with Crippen molar-refractivity contribution in [3.05, 3.63) is 17.7 Å². The van der Waals surface area contributed by atoms with Crippen LogP contribution in [0.25, 0.3) is 0 Å². The zero-order chi connectivity index (χ0) is 18.2. The van der Waals surface area contributed by atoms with Gasteiger partial charge in [-0.2, -0.15) is 0 Å². The first-order chi connectivity index (χ1) is 12.8. The highest BCUT2D eigenvalue weighted by atomic mass is 16.5. The molecule has 0 radical (unpaired) electrons. The van der Waals surface area contributed by atoms with Crippen LogP contribution < -0.4 is 20.3 Å². The summed E-state index contributed by atoms with van der Waals surface area (Å²) < 4.78 is 6.06. The number of nitrogens with one attached hydrogen (secondary N) is 2. The van der Waals surface area contributed by atoms with E-state index < -0.39 is 0 Å². The van der Waals surface area contributed by atoms with Crippen molar-refractivity contribution in [1.29, 1.82) is 0 Å². The molecule has 26 heavy (non-hydrogen) atoms. The third-order valence-corrected chi connectivity index (χ3v) is 5.52. The number of hydrogen-bond acceptors (Lipinski definition) is 5. The number of piperazine rings is 1. The SMILES string of the molecule is CCCCOc1cc(NCCN2CCCC2)c(C)c(N2CCNCC2)c1. The second kappa shape index (κ2) is 10.0. The topological polar surface area (TPSA) is 39.8 Å². The highest BCUT2D eigenvalue weighted by Gasteiger charge is 2.17. The summed E-state index contributed by atoms with van der Waals surface area (Å²) in [5.74, 6) is 1.00. The zero-order valence-electron chi connectivity index (χ0n) is 16.6. The molecule has 0 aliphatic carbocycles. The average Bonchev–Trinajstić information content (AvgIpc) is 3.18. The molecule has 0 spiro atoms. The molecule has 0 saturated carbocycles. The van der Waals surface area contributed by atoms with E-state index in [0.29, 0.717) is 0 Å². The fourth-order valence-electron chi connectivity index (χ4n) is 3.86. The molecule has 2 aliphatic heterocycles. The highest BCUT2D eigenvalue weighted by Crippen LogP contribution is 2.33. The summed E-state index contributed by atoms with van der Waals surface area (Å²) in [5.41, 5.74) is 3.90. The monoisotopic (exact) mass is 360 g/mol. The number of rotatable bonds is 9. The molecular weight excluding hydrogens is 324 g/mol. The molecule has 2 aliphatic rings. The summed E-state index contributed by atoms with van der Waals surface area (Å²) in [5, 5.41) is 7.13. The van der Waals surface area contributed by atoms with Crippen molar-refractivity contribution in [3.63, 3.8) is 0 Å². The Morgan fingerprint density at radius 2 is 1.88 bits per heavy atom. The van der Waals surface area contributed by atoms with Crippen molar-refractivity contribution in [3.8, 4) is 5.75 Å². The Bertz CT molecular complexity index is 551. The molecular formula is C21H36N4O. The maximum atomic E-state index is 6.06. The Morgan fingerprint density at radius 3 is 2.62 bits per heavy atom. The maximum Gasteiger partial charge on any atom is 0.123 e. The van der Waals surface area contributed by atoms with Gasteiger partial charge in [0.25, 0.3) is 0 Å². The van der Waals surface area contributed by atoms with E-state index in [2.05, 4.69) is 46.4 Å². The zero-order valence-corrected chi connectivity index (χ0v) is 16.6. The van der Waals surface area contributed by atoms with Gasteiger partial charge in [0, 0.05) is 62.8 Å². The highest BCUT2D eigenvalue weighted by molar-refractivity contribution is 5.69. The molecule has 2 saturated heterocycles. The van der Waals surface area contributed by atoms with Crippen LogP contribution >= 0.6 is 0 Å². The largest absolute Gasteiger partial charge is 0.493 e. The summed E-state index contributed by atoms with van der Waals surface area (Å²) in [6, 6.07) is 4.43. The summed E-state index contributed by atoms with van der Waals surface area (Å²) in [6.07, 6.45) is 4.98. The van der Waals surface area contributed by atoms with Gasteiger partial charge in [0.15, 0.2) is 0 Å². The van der Waals surface area contributed by atoms with Crippen molar-refractivity contribution < 1.29 is 4.74 Å². The molecule has 5 nitrogen and oxygen atoms in total. The van der Waals surface area contributed by atoms with Gasteiger partial charge in [-0.05, 0) is 44.8 Å². The van der Waals surface area contributed by atoms with E-state index >= 15 is 0 Å². The predicted molar refractivity (Wildman–Crippen MR) is 111 cm³/mol. The van der Waals surface area contributed by atoms with Crippen LogP contribution in [0.2, 0.25) is 0 Å². The van der Waals surface area contributed by atoms with E-state index in [1.807, 2.05) is 0 Å². The van der Waals surface area contributed by atoms with E-state index in [-0.39, 0.29) is 0 Å². The molecule has 0 aromatic heterocycles. The fourth-order valence-corrected chi connectivity index (χ4v) is 3.86. The van der Waals surface area contributed by atoms with Gasteiger partial charge in [0.1, 0.15) is 5.75 Å². The number of benzene rings is 1. The van der Waals surface area contributed by atoms with Gasteiger partial charge >= 0.3 is 0 Å². The Morgan fingerprint density at radius 1 is 1.12 bits per heavy atom. The van der Waals surface area contributed by atoms with Crippen molar-refractivity contribution in [2.75, 3.05) is 69.2 Å². The van der Waals surface area contributed by atoms with Crippen LogP contribution in [-0.2, 0) is 0 Å². The van der Waals surface area contributed by atoms with Crippen molar-refractivity contribution in [1.82, 2.24) is 10.2 Å². The normalized spacial score (nSPS) is 18.3. The van der Waals surface area contributed by atoms with Gasteiger partial charge in [0.2, 0.25) is 0 Å². The standard InChI is InChI=1S/C21H36N4O/c1-3-4-15-26-19-16-20(23-9-12-24-10-5-6-11-24)18(2)21(17-19)25-13-7-22-8-14-25/h16-17,22-23H,3-15H2,1-2H3. The van der Waals surface area contributed by atoms with Gasteiger partial charge in [-0.1, -0.05) is 13.3 Å². The van der Waals surface area contributed by atoms with E-state index in [1.165, 1.54) is 42.9 Å². The molecule has 2 fully saturated rings. The Labute approximate surface area is 159 Å². The minimum absolute atomic E-state index is 0.799. The molecule has 0 bridgehead atoms. The van der Waals surface area contributed by atoms with Crippen LogP contribution in [0.3, 0.4) is 0 Å². The van der Waals surface area contributed by atoms with Gasteiger partial charge in [-0.25, -0.2) is 0 Å². The second-order valence-electron chi connectivity index (χ2n) is 7.53. The molecule has 0 unspecified atom stereocenters. The minimum Gasteiger partial charge on any atom is -0.493 e.